The fourth-order valence-electron chi connectivity index (χ4n) is 7.44. The zero-order valence-electron chi connectivity index (χ0n) is 23.1. The van der Waals surface area contributed by atoms with Crippen LogP contribution in [0.1, 0.15) is 75.2 Å². The normalized spacial score (nSPS) is 27.0. The molecule has 196 valence electrons. The summed E-state index contributed by atoms with van der Waals surface area (Å²) in [6.07, 6.45) is 8.13. The lowest BCUT2D eigenvalue weighted by Crippen LogP contribution is -2.49. The molecule has 6 heteroatoms. The van der Waals surface area contributed by atoms with Crippen molar-refractivity contribution in [2.24, 2.45) is 17.8 Å². The number of aromatic nitrogens is 2. The number of nitrogens with one attached hydrogen (secondary N) is 1. The fraction of sp³-hybridized carbons (Fsp3) is 0.548. The van der Waals surface area contributed by atoms with Crippen molar-refractivity contribution in [3.05, 3.63) is 47.5 Å². The first kappa shape index (κ1) is 24.7. The lowest BCUT2D eigenvalue weighted by atomic mass is 9.48. The van der Waals surface area contributed by atoms with Crippen molar-refractivity contribution in [1.29, 1.82) is 0 Å². The van der Waals surface area contributed by atoms with Crippen LogP contribution in [0.15, 0.2) is 36.4 Å². The van der Waals surface area contributed by atoms with Crippen molar-refractivity contribution in [3.63, 3.8) is 0 Å². The third-order valence-corrected chi connectivity index (χ3v) is 14.3. The molecular weight excluding hydrogens is 476 g/mol. The molecule has 0 unspecified atom stereocenters. The van der Waals surface area contributed by atoms with Gasteiger partial charge in [0.25, 0.3) is 0 Å². The second-order valence-corrected chi connectivity index (χ2v) is 18.3. The van der Waals surface area contributed by atoms with Crippen LogP contribution in [0.4, 0.5) is 0 Å². The van der Waals surface area contributed by atoms with Gasteiger partial charge in [-0.15, -0.1) is 0 Å². The number of fused-ring (bicyclic) bond motifs is 1. The predicted octanol–water partition coefficient (Wildman–Crippen LogP) is 7.87. The van der Waals surface area contributed by atoms with Crippen molar-refractivity contribution in [3.8, 4) is 17.1 Å². The number of esters is 1. The monoisotopic (exact) mass is 516 g/mol. The number of methoxy groups -OCH3 is 1. The molecule has 4 bridgehead atoms. The Morgan fingerprint density at radius 1 is 1.00 bits per heavy atom. The van der Waals surface area contributed by atoms with Crippen LogP contribution in [-0.2, 0) is 10.2 Å². The number of hydrogen-bond donors (Lipinski definition) is 1. The average molecular weight is 517 g/mol. The van der Waals surface area contributed by atoms with Gasteiger partial charge >= 0.3 is 5.97 Å². The highest BCUT2D eigenvalue weighted by Gasteiger charge is 2.53. The first-order chi connectivity index (χ1) is 17.5. The number of imidazole rings is 1. The number of carbonyl (C=O) groups is 1. The average Bonchev–Trinajstić information content (AvgIpc) is 3.25. The van der Waals surface area contributed by atoms with E-state index in [1.165, 1.54) is 51.2 Å². The number of hydrogen-bond acceptors (Lipinski definition) is 4. The molecule has 1 aromatic heterocycles. The molecular formula is C31H40N2O3Si. The zero-order chi connectivity index (χ0) is 26.2. The highest BCUT2D eigenvalue weighted by atomic mass is 28.4. The Morgan fingerprint density at radius 3 is 2.24 bits per heavy atom. The van der Waals surface area contributed by atoms with Gasteiger partial charge in [-0.05, 0) is 122 Å². The van der Waals surface area contributed by atoms with Crippen LogP contribution in [0.5, 0.6) is 5.75 Å². The second kappa shape index (κ2) is 8.45. The van der Waals surface area contributed by atoms with Crippen LogP contribution in [0.2, 0.25) is 18.1 Å². The number of rotatable bonds is 5. The van der Waals surface area contributed by atoms with E-state index >= 15 is 0 Å². The molecule has 4 aliphatic rings. The summed E-state index contributed by atoms with van der Waals surface area (Å²) in [7, 11) is -0.595. The maximum atomic E-state index is 12.0. The number of H-pyrrole nitrogens is 1. The molecule has 0 aliphatic heterocycles. The number of aromatic amines is 1. The van der Waals surface area contributed by atoms with Gasteiger partial charge in [0.1, 0.15) is 11.6 Å². The van der Waals surface area contributed by atoms with Crippen LogP contribution in [-0.4, -0.2) is 31.4 Å². The topological polar surface area (TPSA) is 64.2 Å². The Labute approximate surface area is 221 Å². The number of nitrogens with zero attached hydrogens (tertiary/aromatic N) is 1. The van der Waals surface area contributed by atoms with Crippen molar-refractivity contribution >= 4 is 25.3 Å². The summed E-state index contributed by atoms with van der Waals surface area (Å²) in [4.78, 5) is 20.4. The molecule has 5 nitrogen and oxygen atoms in total. The summed E-state index contributed by atoms with van der Waals surface area (Å²) >= 11 is 0. The first-order valence-electron chi connectivity index (χ1n) is 13.9. The Morgan fingerprint density at radius 2 is 1.65 bits per heavy atom. The number of carbonyl (C=O) groups excluding carboxylic acids is 1. The molecule has 37 heavy (non-hydrogen) atoms. The predicted molar refractivity (Wildman–Crippen MR) is 151 cm³/mol. The molecule has 0 amide bonds. The number of benzene rings is 2. The highest BCUT2D eigenvalue weighted by molar-refractivity contribution is 6.74. The molecule has 4 aliphatic carbocycles. The van der Waals surface area contributed by atoms with Crippen LogP contribution < -0.4 is 4.43 Å². The van der Waals surface area contributed by atoms with Gasteiger partial charge < -0.3 is 14.1 Å². The molecule has 1 N–H and O–H groups in total. The molecule has 4 saturated carbocycles. The third kappa shape index (κ3) is 4.21. The summed E-state index contributed by atoms with van der Waals surface area (Å²) < 4.78 is 12.0. The minimum atomic E-state index is -2.00. The Balaban J connectivity index is 1.45. The standard InChI is InChI=1S/C31H40N2O3Si/c1-30(2,3)37(5,6)36-27-10-8-22(28-32-25-9-7-23(29(34)35-4)15-26(25)33-28)14-24(27)31-16-19-11-20(17-31)13-21(12-19)18-31/h7-10,14-15,19-21H,11-13,16-18H2,1-6H3,(H,32,33). The van der Waals surface area contributed by atoms with E-state index in [9.17, 15) is 4.79 Å². The van der Waals surface area contributed by atoms with E-state index in [0.717, 1.165) is 45.9 Å². The second-order valence-electron chi connectivity index (χ2n) is 13.6. The summed E-state index contributed by atoms with van der Waals surface area (Å²) in [5.41, 5.74) is 4.93. The smallest absolute Gasteiger partial charge is 0.337 e. The van der Waals surface area contributed by atoms with Crippen LogP contribution in [0.25, 0.3) is 22.4 Å². The molecule has 0 spiro atoms. The molecule has 3 aromatic rings. The molecule has 1 heterocycles. The number of ether oxygens (including phenoxy) is 1. The van der Waals surface area contributed by atoms with E-state index in [0.29, 0.717) is 5.56 Å². The van der Waals surface area contributed by atoms with Gasteiger partial charge in [0.2, 0.25) is 8.32 Å². The Bertz CT molecular complexity index is 1330. The van der Waals surface area contributed by atoms with Crippen molar-refractivity contribution in [2.45, 2.75) is 82.8 Å². The van der Waals surface area contributed by atoms with Gasteiger partial charge in [0.15, 0.2) is 0 Å². The van der Waals surface area contributed by atoms with Gasteiger partial charge in [0.05, 0.1) is 23.7 Å². The maximum Gasteiger partial charge on any atom is 0.337 e. The fourth-order valence-corrected chi connectivity index (χ4v) is 8.47. The van der Waals surface area contributed by atoms with Gasteiger partial charge in [-0.2, -0.15) is 0 Å². The van der Waals surface area contributed by atoms with E-state index < -0.39 is 8.32 Å². The van der Waals surface area contributed by atoms with Gasteiger partial charge in [-0.25, -0.2) is 9.78 Å². The summed E-state index contributed by atoms with van der Waals surface area (Å²) in [6.45, 7) is 11.6. The van der Waals surface area contributed by atoms with E-state index in [1.54, 1.807) is 6.07 Å². The van der Waals surface area contributed by atoms with Crippen molar-refractivity contribution in [2.75, 3.05) is 7.11 Å². The molecule has 7 rings (SSSR count). The van der Waals surface area contributed by atoms with E-state index in [2.05, 4.69) is 57.0 Å². The third-order valence-electron chi connectivity index (χ3n) is 9.94. The Kier molecular flexibility index (Phi) is 5.65. The van der Waals surface area contributed by atoms with E-state index in [4.69, 9.17) is 14.1 Å². The largest absolute Gasteiger partial charge is 0.543 e. The minimum absolute atomic E-state index is 0.139. The van der Waals surface area contributed by atoms with Gasteiger partial charge in [-0.1, -0.05) is 20.8 Å². The molecule has 4 fully saturated rings. The van der Waals surface area contributed by atoms with Gasteiger partial charge in [-0.3, -0.25) is 0 Å². The summed E-state index contributed by atoms with van der Waals surface area (Å²) in [5, 5.41) is 0.139. The molecule has 0 radical (unpaired) electrons. The van der Waals surface area contributed by atoms with Crippen molar-refractivity contribution in [1.82, 2.24) is 9.97 Å². The minimum Gasteiger partial charge on any atom is -0.543 e. The van der Waals surface area contributed by atoms with E-state index in [1.807, 2.05) is 12.1 Å². The van der Waals surface area contributed by atoms with Crippen LogP contribution >= 0.6 is 0 Å². The summed E-state index contributed by atoms with van der Waals surface area (Å²) in [5.74, 6) is 4.17. The first-order valence-corrected chi connectivity index (χ1v) is 16.8. The summed E-state index contributed by atoms with van der Waals surface area (Å²) in [6, 6.07) is 12.2. The molecule has 0 atom stereocenters. The van der Waals surface area contributed by atoms with Gasteiger partial charge in [0, 0.05) is 5.56 Å². The Hall–Kier alpha value is -2.60. The lowest BCUT2D eigenvalue weighted by Gasteiger charge is -2.57. The van der Waals surface area contributed by atoms with Crippen LogP contribution in [0.3, 0.4) is 0 Å². The van der Waals surface area contributed by atoms with Crippen molar-refractivity contribution < 1.29 is 14.0 Å². The lowest BCUT2D eigenvalue weighted by molar-refractivity contribution is -0.00584. The zero-order valence-corrected chi connectivity index (χ0v) is 24.1. The molecule has 2 aromatic carbocycles. The molecule has 0 saturated heterocycles. The maximum absolute atomic E-state index is 12.0. The van der Waals surface area contributed by atoms with E-state index in [-0.39, 0.29) is 16.4 Å². The van der Waals surface area contributed by atoms with Crippen LogP contribution in [0, 0.1) is 17.8 Å². The quantitative estimate of drug-likeness (QED) is 0.277. The highest BCUT2D eigenvalue weighted by Crippen LogP contribution is 2.62. The SMILES string of the molecule is COC(=O)c1ccc2nc(-c3ccc(O[Si](C)(C)C(C)(C)C)c(C45CC6CC(CC(C6)C4)C5)c3)[nH]c2c1.